The van der Waals surface area contributed by atoms with E-state index in [-0.39, 0.29) is 17.9 Å². The minimum Gasteiger partial charge on any atom is -0.349 e. The summed E-state index contributed by atoms with van der Waals surface area (Å²) in [5.41, 5.74) is 1.45. The second kappa shape index (κ2) is 7.74. The van der Waals surface area contributed by atoms with Gasteiger partial charge in [0.15, 0.2) is 0 Å². The molecule has 0 radical (unpaired) electrons. The highest BCUT2D eigenvalue weighted by Gasteiger charge is 2.23. The summed E-state index contributed by atoms with van der Waals surface area (Å²) in [6.45, 7) is 1.27. The first-order chi connectivity index (χ1) is 12.1. The summed E-state index contributed by atoms with van der Waals surface area (Å²) in [4.78, 5) is 30.1. The Hall–Kier alpha value is -2.96. The van der Waals surface area contributed by atoms with Gasteiger partial charge in [-0.2, -0.15) is 5.10 Å². The molecule has 0 bridgehead atoms. The largest absolute Gasteiger partial charge is 0.349 e. The first-order valence-corrected chi connectivity index (χ1v) is 8.28. The van der Waals surface area contributed by atoms with E-state index in [1.807, 2.05) is 13.2 Å². The third-order valence-electron chi connectivity index (χ3n) is 4.21. The van der Waals surface area contributed by atoms with Crippen LogP contribution in [0.2, 0.25) is 0 Å². The quantitative estimate of drug-likeness (QED) is 0.850. The normalized spacial score (nSPS) is 15.5. The molecule has 130 valence electrons. The molecule has 2 aromatic rings. The maximum atomic E-state index is 12.2. The Bertz CT molecular complexity index is 761. The Kier molecular flexibility index (Phi) is 5.23. The smallest absolute Gasteiger partial charge is 0.253 e. The lowest BCUT2D eigenvalue weighted by molar-refractivity contribution is -0.126. The maximum absolute atomic E-state index is 12.2. The van der Waals surface area contributed by atoms with Gasteiger partial charge in [-0.05, 0) is 31.1 Å². The van der Waals surface area contributed by atoms with Crippen LogP contribution in [0, 0.1) is 0 Å². The molecule has 3 heterocycles. The summed E-state index contributed by atoms with van der Waals surface area (Å²) in [6, 6.07) is 3.56. The highest BCUT2D eigenvalue weighted by molar-refractivity contribution is 5.94. The van der Waals surface area contributed by atoms with Crippen molar-refractivity contribution in [1.29, 1.82) is 0 Å². The minimum atomic E-state index is -0.116. The number of aryl methyl sites for hydroxylation is 1. The summed E-state index contributed by atoms with van der Waals surface area (Å²) in [6.07, 6.45) is 11.6. The van der Waals surface area contributed by atoms with Crippen molar-refractivity contribution in [2.24, 2.45) is 7.05 Å². The number of hydrogen-bond donors (Lipinski definition) is 1. The molecule has 7 nitrogen and oxygen atoms in total. The van der Waals surface area contributed by atoms with E-state index in [0.717, 1.165) is 18.4 Å². The number of aromatic nitrogens is 3. The van der Waals surface area contributed by atoms with Gasteiger partial charge in [0, 0.05) is 56.4 Å². The van der Waals surface area contributed by atoms with Gasteiger partial charge in [0.2, 0.25) is 5.91 Å². The number of amides is 2. The number of carbonyl (C=O) groups excluding carboxylic acids is 2. The molecule has 0 aliphatic carbocycles. The topological polar surface area (TPSA) is 80.1 Å². The van der Waals surface area contributed by atoms with Crippen LogP contribution in [0.1, 0.15) is 28.8 Å². The zero-order valence-corrected chi connectivity index (χ0v) is 14.1. The molecule has 0 spiro atoms. The number of carbonyl (C=O) groups is 2. The monoisotopic (exact) mass is 339 g/mol. The van der Waals surface area contributed by atoms with Gasteiger partial charge in [-0.15, -0.1) is 0 Å². The van der Waals surface area contributed by atoms with Gasteiger partial charge in [-0.25, -0.2) is 0 Å². The third-order valence-corrected chi connectivity index (χ3v) is 4.21. The van der Waals surface area contributed by atoms with Crippen molar-refractivity contribution in [1.82, 2.24) is 25.0 Å². The van der Waals surface area contributed by atoms with Crippen LogP contribution in [0.5, 0.6) is 0 Å². The molecule has 0 atom stereocenters. The SMILES string of the molecule is Cn1cc(/C=C\C(=O)N2CCC(NC(=O)c3cccnc3)CC2)cn1. The van der Waals surface area contributed by atoms with Gasteiger partial charge < -0.3 is 10.2 Å². The Morgan fingerprint density at radius 1 is 1.28 bits per heavy atom. The summed E-state index contributed by atoms with van der Waals surface area (Å²) in [5.74, 6) is -0.129. The molecule has 3 rings (SSSR count). The molecular formula is C18H21N5O2. The fourth-order valence-electron chi connectivity index (χ4n) is 2.81. The third kappa shape index (κ3) is 4.53. The Morgan fingerprint density at radius 2 is 2.08 bits per heavy atom. The van der Waals surface area contributed by atoms with E-state index in [9.17, 15) is 9.59 Å². The Balaban J connectivity index is 1.47. The zero-order valence-electron chi connectivity index (χ0n) is 14.1. The van der Waals surface area contributed by atoms with Crippen LogP contribution in [0.15, 0.2) is 43.0 Å². The van der Waals surface area contributed by atoms with E-state index in [1.165, 1.54) is 0 Å². The van der Waals surface area contributed by atoms with Crippen LogP contribution in [0.25, 0.3) is 6.08 Å². The highest BCUT2D eigenvalue weighted by atomic mass is 16.2. The lowest BCUT2D eigenvalue weighted by Crippen LogP contribution is -2.46. The number of nitrogens with one attached hydrogen (secondary N) is 1. The molecule has 0 unspecified atom stereocenters. The summed E-state index contributed by atoms with van der Waals surface area (Å²) in [7, 11) is 1.84. The first kappa shape index (κ1) is 16.9. The van der Waals surface area contributed by atoms with Crippen LogP contribution in [-0.4, -0.2) is 50.6 Å². The van der Waals surface area contributed by atoms with Gasteiger partial charge in [-0.1, -0.05) is 0 Å². The molecule has 7 heteroatoms. The molecule has 1 saturated heterocycles. The van der Waals surface area contributed by atoms with E-state index >= 15 is 0 Å². The van der Waals surface area contributed by atoms with Crippen molar-refractivity contribution in [3.63, 3.8) is 0 Å². The molecular weight excluding hydrogens is 318 g/mol. The van der Waals surface area contributed by atoms with Crippen molar-refractivity contribution in [2.75, 3.05) is 13.1 Å². The zero-order chi connectivity index (χ0) is 17.6. The number of nitrogens with zero attached hydrogens (tertiary/aromatic N) is 4. The Labute approximate surface area is 146 Å². The van der Waals surface area contributed by atoms with Crippen LogP contribution in [-0.2, 0) is 11.8 Å². The predicted octanol–water partition coefficient (Wildman–Crippen LogP) is 1.25. The van der Waals surface area contributed by atoms with Crippen molar-refractivity contribution >= 4 is 17.9 Å². The van der Waals surface area contributed by atoms with Crippen molar-refractivity contribution in [3.05, 3.63) is 54.1 Å². The highest BCUT2D eigenvalue weighted by Crippen LogP contribution is 2.12. The average Bonchev–Trinajstić information content (AvgIpc) is 3.06. The van der Waals surface area contributed by atoms with Gasteiger partial charge in [-0.3, -0.25) is 19.3 Å². The molecule has 1 aliphatic rings. The summed E-state index contributed by atoms with van der Waals surface area (Å²) >= 11 is 0. The van der Waals surface area contributed by atoms with Gasteiger partial charge in [0.05, 0.1) is 11.8 Å². The minimum absolute atomic E-state index is 0.0131. The van der Waals surface area contributed by atoms with Crippen molar-refractivity contribution < 1.29 is 9.59 Å². The van der Waals surface area contributed by atoms with Gasteiger partial charge in [0.25, 0.3) is 5.91 Å². The average molecular weight is 339 g/mol. The molecule has 1 N–H and O–H groups in total. The van der Waals surface area contributed by atoms with Crippen molar-refractivity contribution in [3.8, 4) is 0 Å². The fraction of sp³-hybridized carbons (Fsp3) is 0.333. The van der Waals surface area contributed by atoms with E-state index in [2.05, 4.69) is 15.4 Å². The van der Waals surface area contributed by atoms with Crippen LogP contribution < -0.4 is 5.32 Å². The van der Waals surface area contributed by atoms with Gasteiger partial charge in [0.1, 0.15) is 0 Å². The number of hydrogen-bond acceptors (Lipinski definition) is 4. The van der Waals surface area contributed by atoms with Crippen LogP contribution in [0.3, 0.4) is 0 Å². The number of rotatable bonds is 4. The molecule has 1 aliphatic heterocycles. The summed E-state index contributed by atoms with van der Waals surface area (Å²) < 4.78 is 1.70. The fourth-order valence-corrected chi connectivity index (χ4v) is 2.81. The standard InChI is InChI=1S/C18H21N5O2/c1-22-13-14(11-20-22)4-5-17(24)23-9-6-16(7-10-23)21-18(25)15-3-2-8-19-12-15/h2-5,8,11-13,16H,6-7,9-10H2,1H3,(H,21,25)/b5-4-. The van der Waals surface area contributed by atoms with E-state index in [0.29, 0.717) is 18.7 Å². The second-order valence-corrected chi connectivity index (χ2v) is 6.10. The molecule has 1 fully saturated rings. The maximum Gasteiger partial charge on any atom is 0.253 e. The van der Waals surface area contributed by atoms with Crippen LogP contribution >= 0.6 is 0 Å². The number of likely N-dealkylation sites (tertiary alicyclic amines) is 1. The van der Waals surface area contributed by atoms with E-state index in [1.54, 1.807) is 52.5 Å². The molecule has 0 saturated carbocycles. The lowest BCUT2D eigenvalue weighted by Gasteiger charge is -2.31. The van der Waals surface area contributed by atoms with E-state index < -0.39 is 0 Å². The Morgan fingerprint density at radius 3 is 2.72 bits per heavy atom. The number of piperidine rings is 1. The first-order valence-electron chi connectivity index (χ1n) is 8.28. The second-order valence-electron chi connectivity index (χ2n) is 6.10. The van der Waals surface area contributed by atoms with Crippen molar-refractivity contribution in [2.45, 2.75) is 18.9 Å². The number of pyridine rings is 1. The molecule has 2 aromatic heterocycles. The lowest BCUT2D eigenvalue weighted by atomic mass is 10.0. The predicted molar refractivity (Wildman–Crippen MR) is 93.5 cm³/mol. The molecule has 2 amide bonds. The molecule has 25 heavy (non-hydrogen) atoms. The van der Waals surface area contributed by atoms with Gasteiger partial charge >= 0.3 is 0 Å². The summed E-state index contributed by atoms with van der Waals surface area (Å²) in [5, 5.41) is 7.07. The van der Waals surface area contributed by atoms with E-state index in [4.69, 9.17) is 0 Å². The molecule has 0 aromatic carbocycles. The van der Waals surface area contributed by atoms with Crippen LogP contribution in [0.4, 0.5) is 0 Å².